The van der Waals surface area contributed by atoms with E-state index in [1.165, 1.54) is 4.90 Å². The highest BCUT2D eigenvalue weighted by Gasteiger charge is 2.24. The summed E-state index contributed by atoms with van der Waals surface area (Å²) in [5.41, 5.74) is 1.71. The molecule has 1 atom stereocenters. The summed E-state index contributed by atoms with van der Waals surface area (Å²) in [6, 6.07) is 14.4. The van der Waals surface area contributed by atoms with Gasteiger partial charge in [-0.15, -0.1) is 0 Å². The van der Waals surface area contributed by atoms with E-state index in [1.807, 2.05) is 38.1 Å². The second kappa shape index (κ2) is 9.97. The maximum Gasteiger partial charge on any atom is 0.263 e. The molecule has 0 aliphatic heterocycles. The molecule has 0 fully saturated rings. The van der Waals surface area contributed by atoms with E-state index in [0.29, 0.717) is 17.3 Å². The number of carbonyl (C=O) groups is 2. The van der Waals surface area contributed by atoms with Gasteiger partial charge in [0, 0.05) is 17.3 Å². The normalized spacial score (nSPS) is 11.6. The Morgan fingerprint density at radius 2 is 1.93 bits per heavy atom. The van der Waals surface area contributed by atoms with Crippen molar-refractivity contribution in [2.75, 3.05) is 18.4 Å². The van der Waals surface area contributed by atoms with Gasteiger partial charge in [0.15, 0.2) is 6.10 Å². The molecule has 2 amide bonds. The van der Waals surface area contributed by atoms with Crippen molar-refractivity contribution in [2.45, 2.75) is 33.3 Å². The molecule has 144 valence electrons. The van der Waals surface area contributed by atoms with Gasteiger partial charge in [0.1, 0.15) is 5.75 Å². The predicted octanol–water partition coefficient (Wildman–Crippen LogP) is 4.29. The molecular weight excluding hydrogens is 364 g/mol. The lowest BCUT2D eigenvalue weighted by molar-refractivity contribution is -0.140. The maximum atomic E-state index is 12.8. The summed E-state index contributed by atoms with van der Waals surface area (Å²) < 4.78 is 5.70. The van der Waals surface area contributed by atoms with Gasteiger partial charge in [0.2, 0.25) is 5.91 Å². The molecule has 6 heteroatoms. The van der Waals surface area contributed by atoms with Crippen LogP contribution in [0.1, 0.15) is 25.8 Å². The van der Waals surface area contributed by atoms with E-state index in [-0.39, 0.29) is 18.4 Å². The van der Waals surface area contributed by atoms with Gasteiger partial charge >= 0.3 is 0 Å². The van der Waals surface area contributed by atoms with Crippen LogP contribution >= 0.6 is 11.6 Å². The fraction of sp³-hybridized carbons (Fsp3) is 0.333. The van der Waals surface area contributed by atoms with Gasteiger partial charge in [-0.1, -0.05) is 42.8 Å². The zero-order valence-electron chi connectivity index (χ0n) is 15.9. The van der Waals surface area contributed by atoms with Gasteiger partial charge < -0.3 is 15.0 Å². The summed E-state index contributed by atoms with van der Waals surface area (Å²) in [6.45, 7) is 6.01. The van der Waals surface area contributed by atoms with Crippen LogP contribution in [0.5, 0.6) is 5.75 Å². The third-order valence-corrected chi connectivity index (χ3v) is 4.25. The summed E-state index contributed by atoms with van der Waals surface area (Å²) in [7, 11) is 0. The highest BCUT2D eigenvalue weighted by atomic mass is 35.5. The van der Waals surface area contributed by atoms with Crippen molar-refractivity contribution in [2.24, 2.45) is 0 Å². The number of hydrogen-bond donors (Lipinski definition) is 1. The summed E-state index contributed by atoms with van der Waals surface area (Å²) in [4.78, 5) is 26.7. The van der Waals surface area contributed by atoms with Crippen molar-refractivity contribution < 1.29 is 14.3 Å². The molecule has 1 N–H and O–H groups in total. The molecule has 1 unspecified atom stereocenters. The maximum absolute atomic E-state index is 12.8. The first-order valence-electron chi connectivity index (χ1n) is 8.97. The zero-order valence-corrected chi connectivity index (χ0v) is 16.6. The molecule has 0 bridgehead atoms. The predicted molar refractivity (Wildman–Crippen MR) is 108 cm³/mol. The Hall–Kier alpha value is -2.53. The van der Waals surface area contributed by atoms with E-state index in [2.05, 4.69) is 5.32 Å². The lowest BCUT2D eigenvalue weighted by Gasteiger charge is -2.25. The number of carbonyl (C=O) groups excluding carboxylic acids is 2. The number of ether oxygens (including phenoxy) is 1. The van der Waals surface area contributed by atoms with Gasteiger partial charge in [-0.05, 0) is 50.1 Å². The molecule has 0 aliphatic rings. The Morgan fingerprint density at radius 1 is 1.19 bits per heavy atom. The largest absolute Gasteiger partial charge is 0.481 e. The van der Waals surface area contributed by atoms with Gasteiger partial charge in [-0.25, -0.2) is 0 Å². The van der Waals surface area contributed by atoms with Crippen molar-refractivity contribution in [3.05, 3.63) is 59.1 Å². The molecule has 0 spiro atoms. The van der Waals surface area contributed by atoms with E-state index in [0.717, 1.165) is 17.7 Å². The zero-order chi connectivity index (χ0) is 19.8. The SMILES string of the molecule is CCCN(CC(=O)Nc1ccccc1C)C(=O)C(C)Oc1cccc(Cl)c1. The molecule has 0 radical (unpaired) electrons. The van der Waals surface area contributed by atoms with Crippen molar-refractivity contribution in [1.82, 2.24) is 4.90 Å². The Bertz CT molecular complexity index is 795. The number of para-hydroxylation sites is 1. The quantitative estimate of drug-likeness (QED) is 0.733. The van der Waals surface area contributed by atoms with Crippen LogP contribution < -0.4 is 10.1 Å². The first-order valence-corrected chi connectivity index (χ1v) is 9.35. The second-order valence-corrected chi connectivity index (χ2v) is 6.78. The Morgan fingerprint density at radius 3 is 2.59 bits per heavy atom. The van der Waals surface area contributed by atoms with Gasteiger partial charge in [-0.2, -0.15) is 0 Å². The topological polar surface area (TPSA) is 58.6 Å². The number of anilines is 1. The molecule has 27 heavy (non-hydrogen) atoms. The average Bonchev–Trinajstić information content (AvgIpc) is 2.62. The number of nitrogens with zero attached hydrogens (tertiary/aromatic N) is 1. The summed E-state index contributed by atoms with van der Waals surface area (Å²) in [5.74, 6) is 0.0435. The Balaban J connectivity index is 2.01. The molecule has 2 aromatic rings. The molecule has 2 aromatic carbocycles. The van der Waals surface area contributed by atoms with E-state index in [4.69, 9.17) is 16.3 Å². The van der Waals surface area contributed by atoms with Gasteiger partial charge in [0.25, 0.3) is 5.91 Å². The lowest BCUT2D eigenvalue weighted by Crippen LogP contribution is -2.44. The fourth-order valence-corrected chi connectivity index (χ4v) is 2.85. The molecule has 0 heterocycles. The van der Waals surface area contributed by atoms with Crippen LogP contribution in [-0.4, -0.2) is 35.9 Å². The van der Waals surface area contributed by atoms with Gasteiger partial charge in [0.05, 0.1) is 6.54 Å². The number of aryl methyl sites for hydroxylation is 1. The van der Waals surface area contributed by atoms with E-state index in [1.54, 1.807) is 31.2 Å². The Kier molecular flexibility index (Phi) is 7.67. The first-order chi connectivity index (χ1) is 12.9. The molecule has 2 rings (SSSR count). The molecular formula is C21H25ClN2O3. The monoisotopic (exact) mass is 388 g/mol. The number of amides is 2. The minimum Gasteiger partial charge on any atom is -0.481 e. The van der Waals surface area contributed by atoms with Crippen LogP contribution in [0.3, 0.4) is 0 Å². The van der Waals surface area contributed by atoms with Crippen molar-refractivity contribution in [3.8, 4) is 5.75 Å². The summed E-state index contributed by atoms with van der Waals surface area (Å²) in [5, 5.41) is 3.40. The smallest absolute Gasteiger partial charge is 0.263 e. The van der Waals surface area contributed by atoms with Crippen LogP contribution in [0.2, 0.25) is 5.02 Å². The number of rotatable bonds is 8. The molecule has 0 saturated heterocycles. The second-order valence-electron chi connectivity index (χ2n) is 6.34. The minimum atomic E-state index is -0.721. The summed E-state index contributed by atoms with van der Waals surface area (Å²) in [6.07, 6.45) is 0.0223. The van der Waals surface area contributed by atoms with Crippen molar-refractivity contribution >= 4 is 29.1 Å². The van der Waals surface area contributed by atoms with Crippen molar-refractivity contribution in [3.63, 3.8) is 0 Å². The fourth-order valence-electron chi connectivity index (χ4n) is 2.67. The van der Waals surface area contributed by atoms with Crippen LogP contribution in [0.15, 0.2) is 48.5 Å². The highest BCUT2D eigenvalue weighted by molar-refractivity contribution is 6.30. The van der Waals surface area contributed by atoms with Crippen molar-refractivity contribution in [1.29, 1.82) is 0 Å². The molecule has 0 aromatic heterocycles. The van der Waals surface area contributed by atoms with Crippen LogP contribution in [-0.2, 0) is 9.59 Å². The number of hydrogen-bond acceptors (Lipinski definition) is 3. The van der Waals surface area contributed by atoms with E-state index >= 15 is 0 Å². The number of nitrogens with one attached hydrogen (secondary N) is 1. The highest BCUT2D eigenvalue weighted by Crippen LogP contribution is 2.19. The number of benzene rings is 2. The van der Waals surface area contributed by atoms with Crippen LogP contribution in [0, 0.1) is 6.92 Å². The Labute approximate surface area is 165 Å². The third-order valence-electron chi connectivity index (χ3n) is 4.02. The van der Waals surface area contributed by atoms with Crippen LogP contribution in [0.4, 0.5) is 5.69 Å². The lowest BCUT2D eigenvalue weighted by atomic mass is 10.2. The van der Waals surface area contributed by atoms with E-state index in [9.17, 15) is 9.59 Å². The van der Waals surface area contributed by atoms with Gasteiger partial charge in [-0.3, -0.25) is 9.59 Å². The summed E-state index contributed by atoms with van der Waals surface area (Å²) >= 11 is 5.95. The molecule has 0 aliphatic carbocycles. The van der Waals surface area contributed by atoms with E-state index < -0.39 is 6.10 Å². The molecule has 5 nitrogen and oxygen atoms in total. The minimum absolute atomic E-state index is 0.0236. The first kappa shape index (κ1) is 20.8. The average molecular weight is 389 g/mol. The molecule has 0 saturated carbocycles. The third kappa shape index (κ3) is 6.29. The number of halogens is 1. The standard InChI is InChI=1S/C21H25ClN2O3/c1-4-12-24(14-20(25)23-19-11-6-5-8-15(19)2)21(26)16(3)27-18-10-7-9-17(22)13-18/h5-11,13,16H,4,12,14H2,1-3H3,(H,23,25). The van der Waals surface area contributed by atoms with Crippen LogP contribution in [0.25, 0.3) is 0 Å².